The first-order chi connectivity index (χ1) is 14.4. The lowest BCUT2D eigenvalue weighted by Crippen LogP contribution is -2.51. The van der Waals surface area contributed by atoms with Gasteiger partial charge in [0.05, 0.1) is 21.6 Å². The number of nitro groups is 1. The molecule has 10 nitrogen and oxygen atoms in total. The van der Waals surface area contributed by atoms with Gasteiger partial charge in [-0.3, -0.25) is 19.7 Å². The van der Waals surface area contributed by atoms with E-state index in [4.69, 9.17) is 0 Å². The third kappa shape index (κ3) is 4.44. The molecule has 3 rings (SSSR count). The Morgan fingerprint density at radius 1 is 1.13 bits per heavy atom. The van der Waals surface area contributed by atoms with Crippen LogP contribution in [0, 0.1) is 10.1 Å². The van der Waals surface area contributed by atoms with Gasteiger partial charge in [0.15, 0.2) is 0 Å². The molecule has 1 amide bonds. The van der Waals surface area contributed by atoms with Crippen LogP contribution < -0.4 is 5.56 Å². The molecule has 0 aliphatic carbocycles. The molecular weight excluding hydrogens is 445 g/mol. The summed E-state index contributed by atoms with van der Waals surface area (Å²) in [7, 11) is -4.50. The molecule has 1 aromatic heterocycles. The molecule has 0 spiro atoms. The third-order valence-corrected chi connectivity index (χ3v) is 6.62. The highest BCUT2D eigenvalue weighted by atomic mass is 32.2. The fourth-order valence-electron chi connectivity index (χ4n) is 3.10. The maximum Gasteiger partial charge on any atom is 0.417 e. The molecule has 2 aromatic rings. The van der Waals surface area contributed by atoms with Crippen molar-refractivity contribution >= 4 is 21.6 Å². The van der Waals surface area contributed by atoms with E-state index in [-0.39, 0.29) is 26.2 Å². The highest BCUT2D eigenvalue weighted by Crippen LogP contribution is 2.35. The van der Waals surface area contributed by atoms with Crippen LogP contribution in [0.4, 0.5) is 18.9 Å². The first-order valence-corrected chi connectivity index (χ1v) is 10.2. The lowest BCUT2D eigenvalue weighted by atomic mass is 10.2. The van der Waals surface area contributed by atoms with Gasteiger partial charge in [0, 0.05) is 32.2 Å². The summed E-state index contributed by atoms with van der Waals surface area (Å²) < 4.78 is 66.0. The minimum Gasteiger partial charge on any atom is -0.336 e. The van der Waals surface area contributed by atoms with Crippen molar-refractivity contribution in [2.75, 3.05) is 26.2 Å². The van der Waals surface area contributed by atoms with Crippen LogP contribution in [0.15, 0.2) is 46.2 Å². The van der Waals surface area contributed by atoms with Crippen LogP contribution in [0.1, 0.15) is 15.9 Å². The van der Waals surface area contributed by atoms with Crippen LogP contribution in [0.2, 0.25) is 0 Å². The number of sulfonamides is 1. The zero-order valence-electron chi connectivity index (χ0n) is 15.6. The van der Waals surface area contributed by atoms with Crippen LogP contribution in [0.3, 0.4) is 0 Å². The van der Waals surface area contributed by atoms with Crippen LogP contribution in [-0.2, 0) is 16.2 Å². The fraction of sp³-hybridized carbons (Fsp3) is 0.294. The summed E-state index contributed by atoms with van der Waals surface area (Å²) in [5.41, 5.74) is -3.15. The van der Waals surface area contributed by atoms with Crippen LogP contribution in [-0.4, -0.2) is 59.6 Å². The number of hydrogen-bond acceptors (Lipinski definition) is 6. The number of amides is 1. The second-order valence-electron chi connectivity index (χ2n) is 6.55. The average Bonchev–Trinajstić information content (AvgIpc) is 2.73. The normalized spacial score (nSPS) is 15.6. The van der Waals surface area contributed by atoms with Crippen molar-refractivity contribution in [3.8, 4) is 0 Å². The Morgan fingerprint density at radius 2 is 1.74 bits per heavy atom. The summed E-state index contributed by atoms with van der Waals surface area (Å²) in [4.78, 5) is 36.8. The number of carbonyl (C=O) groups excluding carboxylic acids is 1. The standard InChI is InChI=1S/C17H15F3N4O6S/c18-17(19,20)13-3-1-2-4-14(13)31(29,30)23-7-5-22(6-8-23)16(26)12-9-11(24(27)28)10-21-15(12)25/h1-4,9-10H,5-8H2,(H,21,25). The van der Waals surface area contributed by atoms with E-state index in [0.29, 0.717) is 6.07 Å². The molecule has 0 saturated carbocycles. The number of rotatable bonds is 4. The second-order valence-corrected chi connectivity index (χ2v) is 8.45. The Labute approximate surface area is 173 Å². The first kappa shape index (κ1) is 22.4. The molecule has 1 saturated heterocycles. The number of aromatic amines is 1. The van der Waals surface area contributed by atoms with E-state index in [0.717, 1.165) is 33.6 Å². The van der Waals surface area contributed by atoms with E-state index in [1.165, 1.54) is 6.07 Å². The van der Waals surface area contributed by atoms with Gasteiger partial charge in [-0.2, -0.15) is 17.5 Å². The lowest BCUT2D eigenvalue weighted by molar-refractivity contribution is -0.385. The molecular formula is C17H15F3N4O6S. The van der Waals surface area contributed by atoms with Gasteiger partial charge in [0.25, 0.3) is 17.2 Å². The molecule has 0 atom stereocenters. The Kier molecular flexibility index (Phi) is 5.87. The van der Waals surface area contributed by atoms with E-state index in [1.54, 1.807) is 0 Å². The van der Waals surface area contributed by atoms with Gasteiger partial charge in [0.1, 0.15) is 5.56 Å². The summed E-state index contributed by atoms with van der Waals surface area (Å²) in [6.45, 7) is -1.05. The molecule has 1 aromatic carbocycles. The topological polar surface area (TPSA) is 134 Å². The lowest BCUT2D eigenvalue weighted by Gasteiger charge is -2.34. The largest absolute Gasteiger partial charge is 0.417 e. The molecule has 1 N–H and O–H groups in total. The molecule has 2 heterocycles. The van der Waals surface area contributed by atoms with Gasteiger partial charge in [0.2, 0.25) is 10.0 Å². The van der Waals surface area contributed by atoms with Gasteiger partial charge < -0.3 is 9.88 Å². The van der Waals surface area contributed by atoms with Gasteiger partial charge in [-0.25, -0.2) is 8.42 Å². The fourth-order valence-corrected chi connectivity index (χ4v) is 4.74. The molecule has 0 unspecified atom stereocenters. The average molecular weight is 460 g/mol. The number of aromatic nitrogens is 1. The second kappa shape index (κ2) is 8.11. The molecule has 14 heteroatoms. The monoisotopic (exact) mass is 460 g/mol. The third-order valence-electron chi connectivity index (χ3n) is 4.67. The van der Waals surface area contributed by atoms with Crippen molar-refractivity contribution in [1.29, 1.82) is 0 Å². The predicted molar refractivity (Wildman–Crippen MR) is 99.8 cm³/mol. The Bertz CT molecular complexity index is 1190. The van der Waals surface area contributed by atoms with Gasteiger partial charge >= 0.3 is 6.18 Å². The van der Waals surface area contributed by atoms with Gasteiger partial charge in [-0.15, -0.1) is 0 Å². The molecule has 1 aliphatic heterocycles. The number of carbonyl (C=O) groups is 1. The van der Waals surface area contributed by atoms with E-state index in [1.807, 2.05) is 0 Å². The van der Waals surface area contributed by atoms with Gasteiger partial charge in [-0.1, -0.05) is 12.1 Å². The van der Waals surface area contributed by atoms with E-state index < -0.39 is 54.3 Å². The smallest absolute Gasteiger partial charge is 0.336 e. The number of H-pyrrole nitrogens is 1. The molecule has 1 aliphatic rings. The van der Waals surface area contributed by atoms with Crippen LogP contribution >= 0.6 is 0 Å². The van der Waals surface area contributed by atoms with Gasteiger partial charge in [-0.05, 0) is 12.1 Å². The number of nitrogens with zero attached hydrogens (tertiary/aromatic N) is 3. The van der Waals surface area contributed by atoms with Crippen molar-refractivity contribution in [2.45, 2.75) is 11.1 Å². The van der Waals surface area contributed by atoms with E-state index in [9.17, 15) is 41.3 Å². The zero-order valence-corrected chi connectivity index (χ0v) is 16.4. The number of halogens is 3. The predicted octanol–water partition coefficient (Wildman–Crippen LogP) is 1.45. The van der Waals surface area contributed by atoms with Crippen LogP contribution in [0.5, 0.6) is 0 Å². The highest BCUT2D eigenvalue weighted by molar-refractivity contribution is 7.89. The van der Waals surface area contributed by atoms with Crippen molar-refractivity contribution in [3.05, 3.63) is 68.1 Å². The van der Waals surface area contributed by atoms with Crippen LogP contribution in [0.25, 0.3) is 0 Å². The Balaban J connectivity index is 1.80. The van der Waals surface area contributed by atoms with Crippen molar-refractivity contribution in [2.24, 2.45) is 0 Å². The minimum atomic E-state index is -4.87. The highest BCUT2D eigenvalue weighted by Gasteiger charge is 2.40. The van der Waals surface area contributed by atoms with E-state index in [2.05, 4.69) is 4.98 Å². The number of alkyl halides is 3. The molecule has 0 bridgehead atoms. The quantitative estimate of drug-likeness (QED) is 0.542. The van der Waals surface area contributed by atoms with Crippen molar-refractivity contribution < 1.29 is 31.3 Å². The summed E-state index contributed by atoms with van der Waals surface area (Å²) in [6.07, 6.45) is -4.04. The molecule has 166 valence electrons. The Hall–Kier alpha value is -3.26. The first-order valence-electron chi connectivity index (χ1n) is 8.75. The molecule has 0 radical (unpaired) electrons. The minimum absolute atomic E-state index is 0.214. The number of hydrogen-bond donors (Lipinski definition) is 1. The van der Waals surface area contributed by atoms with Crippen molar-refractivity contribution in [3.63, 3.8) is 0 Å². The van der Waals surface area contributed by atoms with E-state index >= 15 is 0 Å². The maximum absolute atomic E-state index is 13.2. The summed E-state index contributed by atoms with van der Waals surface area (Å²) in [5, 5.41) is 10.9. The summed E-state index contributed by atoms with van der Waals surface area (Å²) >= 11 is 0. The SMILES string of the molecule is O=C(c1cc([N+](=O)[O-])c[nH]c1=O)N1CCN(S(=O)(=O)c2ccccc2C(F)(F)F)CC1. The summed E-state index contributed by atoms with van der Waals surface area (Å²) in [5.74, 6) is -0.849. The van der Waals surface area contributed by atoms with Crippen molar-refractivity contribution in [1.82, 2.24) is 14.2 Å². The number of pyridine rings is 1. The number of nitrogens with one attached hydrogen (secondary N) is 1. The zero-order chi connectivity index (χ0) is 23.0. The summed E-state index contributed by atoms with van der Waals surface area (Å²) in [6, 6.07) is 4.59. The maximum atomic E-state index is 13.2. The molecule has 1 fully saturated rings. The number of piperazine rings is 1. The number of benzene rings is 1. The Morgan fingerprint density at radius 3 is 2.32 bits per heavy atom. The molecule has 31 heavy (non-hydrogen) atoms.